The Hall–Kier alpha value is -2.29. The third kappa shape index (κ3) is 4.09. The summed E-state index contributed by atoms with van der Waals surface area (Å²) in [4.78, 5) is 17.3. The zero-order valence-electron chi connectivity index (χ0n) is 17.4. The van der Waals surface area contributed by atoms with Crippen molar-refractivity contribution in [3.63, 3.8) is 0 Å². The van der Waals surface area contributed by atoms with Crippen LogP contribution in [0.3, 0.4) is 0 Å². The Morgan fingerprint density at radius 2 is 1.08 bits per heavy atom. The van der Waals surface area contributed by atoms with E-state index in [4.69, 9.17) is 0 Å². The van der Waals surface area contributed by atoms with E-state index in [1.807, 2.05) is 42.0 Å². The first-order chi connectivity index (χ1) is 12.1. The lowest BCUT2D eigenvalue weighted by molar-refractivity contribution is -0.121. The first-order valence-corrected chi connectivity index (χ1v) is 9.23. The lowest BCUT2D eigenvalue weighted by Gasteiger charge is -2.22. The monoisotopic (exact) mass is 352 g/mol. The molecule has 2 unspecified atom stereocenters. The summed E-state index contributed by atoms with van der Waals surface area (Å²) in [5.74, 6) is 0.0367. The van der Waals surface area contributed by atoms with Crippen molar-refractivity contribution in [2.24, 2.45) is 0 Å². The largest absolute Gasteiger partial charge is 0.378 e. The van der Waals surface area contributed by atoms with E-state index in [1.165, 1.54) is 11.1 Å². The summed E-state index contributed by atoms with van der Waals surface area (Å²) in [5.41, 5.74) is 6.90. The van der Waals surface area contributed by atoms with E-state index in [0.29, 0.717) is 0 Å². The van der Waals surface area contributed by atoms with E-state index in [0.717, 1.165) is 22.5 Å². The highest BCUT2D eigenvalue weighted by molar-refractivity contribution is 5.91. The molecule has 2 atom stereocenters. The Kier molecular flexibility index (Phi) is 6.12. The normalized spacial score (nSPS) is 13.2. The van der Waals surface area contributed by atoms with E-state index < -0.39 is 0 Å². The van der Waals surface area contributed by atoms with Gasteiger partial charge in [-0.3, -0.25) is 4.79 Å². The predicted octanol–water partition coefficient (Wildman–Crippen LogP) is 4.91. The van der Waals surface area contributed by atoms with Crippen LogP contribution in [0.15, 0.2) is 36.4 Å². The van der Waals surface area contributed by atoms with Crippen LogP contribution in [0.1, 0.15) is 47.9 Å². The second-order valence-corrected chi connectivity index (χ2v) is 7.72. The molecule has 0 radical (unpaired) electrons. The smallest absolute Gasteiger partial charge is 0.147 e. The van der Waals surface area contributed by atoms with E-state index in [-0.39, 0.29) is 17.6 Å². The van der Waals surface area contributed by atoms with E-state index in [2.05, 4.69) is 60.0 Å². The summed E-state index contributed by atoms with van der Waals surface area (Å²) in [6, 6.07) is 12.7. The zero-order chi connectivity index (χ0) is 19.6. The van der Waals surface area contributed by atoms with Crippen LogP contribution in [-0.2, 0) is 4.79 Å². The molecule has 2 aromatic carbocycles. The number of nitrogens with zero attached hydrogens (tertiary/aromatic N) is 2. The number of aryl methyl sites for hydroxylation is 2. The van der Waals surface area contributed by atoms with Gasteiger partial charge >= 0.3 is 0 Å². The molecular formula is C23H32N2O. The Balaban J connectivity index is 2.28. The maximum absolute atomic E-state index is 13.2. The second-order valence-electron chi connectivity index (χ2n) is 7.72. The molecule has 0 heterocycles. The van der Waals surface area contributed by atoms with Crippen molar-refractivity contribution in [3.05, 3.63) is 58.7 Å². The number of hydrogen-bond acceptors (Lipinski definition) is 3. The molecule has 2 aromatic rings. The summed E-state index contributed by atoms with van der Waals surface area (Å²) in [7, 11) is 8.13. The first kappa shape index (κ1) is 20.0. The van der Waals surface area contributed by atoms with Crippen LogP contribution in [0.4, 0.5) is 11.4 Å². The van der Waals surface area contributed by atoms with Crippen molar-refractivity contribution in [1.82, 2.24) is 0 Å². The number of carbonyl (C=O) groups is 1. The number of hydrogen-bond donors (Lipinski definition) is 0. The van der Waals surface area contributed by atoms with Gasteiger partial charge in [-0.15, -0.1) is 0 Å². The third-order valence-corrected chi connectivity index (χ3v) is 5.33. The molecule has 0 aromatic heterocycles. The molecule has 0 spiro atoms. The molecule has 3 nitrogen and oxygen atoms in total. The molecule has 2 rings (SSSR count). The number of rotatable bonds is 6. The quantitative estimate of drug-likeness (QED) is 0.738. The Morgan fingerprint density at radius 1 is 0.731 bits per heavy atom. The second kappa shape index (κ2) is 7.94. The van der Waals surface area contributed by atoms with Crippen LogP contribution >= 0.6 is 0 Å². The lowest BCUT2D eigenvalue weighted by Crippen LogP contribution is -2.19. The molecule has 0 saturated heterocycles. The van der Waals surface area contributed by atoms with Crippen molar-refractivity contribution in [3.8, 4) is 0 Å². The topological polar surface area (TPSA) is 23.6 Å². The Labute approximate surface area is 158 Å². The average Bonchev–Trinajstić information content (AvgIpc) is 2.59. The summed E-state index contributed by atoms with van der Waals surface area (Å²) in [6.07, 6.45) is 0. The molecule has 0 fully saturated rings. The lowest BCUT2D eigenvalue weighted by atomic mass is 9.83. The third-order valence-electron chi connectivity index (χ3n) is 5.33. The summed E-state index contributed by atoms with van der Waals surface area (Å²) < 4.78 is 0. The standard InChI is InChI=1S/C23H32N2O/c1-15-13-19(24(5)6)9-11-21(15)17(3)23(26)18(4)22-12-10-20(25(7)8)14-16(22)2/h9-14,17-18H,1-8H3. The van der Waals surface area contributed by atoms with Crippen LogP contribution in [0.25, 0.3) is 0 Å². The van der Waals surface area contributed by atoms with Gasteiger partial charge in [0, 0.05) is 51.4 Å². The van der Waals surface area contributed by atoms with Crippen LogP contribution in [-0.4, -0.2) is 34.0 Å². The molecule has 0 N–H and O–H groups in total. The highest BCUT2D eigenvalue weighted by Gasteiger charge is 2.25. The van der Waals surface area contributed by atoms with Crippen LogP contribution in [0, 0.1) is 13.8 Å². The van der Waals surface area contributed by atoms with Gasteiger partial charge in [0.25, 0.3) is 0 Å². The van der Waals surface area contributed by atoms with Gasteiger partial charge in [-0.25, -0.2) is 0 Å². The molecule has 0 bridgehead atoms. The first-order valence-electron chi connectivity index (χ1n) is 9.23. The van der Waals surface area contributed by atoms with Gasteiger partial charge in [-0.05, 0) is 60.4 Å². The predicted molar refractivity (Wildman–Crippen MR) is 113 cm³/mol. The molecular weight excluding hydrogens is 320 g/mol. The molecule has 0 aliphatic heterocycles. The summed E-state index contributed by atoms with van der Waals surface area (Å²) >= 11 is 0. The van der Waals surface area contributed by atoms with Gasteiger partial charge < -0.3 is 9.80 Å². The van der Waals surface area contributed by atoms with Crippen LogP contribution in [0.5, 0.6) is 0 Å². The van der Waals surface area contributed by atoms with Gasteiger partial charge in [-0.1, -0.05) is 26.0 Å². The molecule has 26 heavy (non-hydrogen) atoms. The Morgan fingerprint density at radius 3 is 1.35 bits per heavy atom. The van der Waals surface area contributed by atoms with Crippen molar-refractivity contribution < 1.29 is 4.79 Å². The number of anilines is 2. The van der Waals surface area contributed by atoms with Crippen molar-refractivity contribution in [2.45, 2.75) is 39.5 Å². The Bertz CT molecular complexity index is 727. The summed E-state index contributed by atoms with van der Waals surface area (Å²) in [6.45, 7) is 8.24. The van der Waals surface area contributed by atoms with E-state index in [9.17, 15) is 4.79 Å². The molecule has 0 saturated carbocycles. The van der Waals surface area contributed by atoms with Gasteiger partial charge in [-0.2, -0.15) is 0 Å². The highest BCUT2D eigenvalue weighted by Crippen LogP contribution is 2.32. The minimum atomic E-state index is -0.117. The molecule has 0 amide bonds. The fraction of sp³-hybridized carbons (Fsp3) is 0.435. The minimum Gasteiger partial charge on any atom is -0.378 e. The molecule has 140 valence electrons. The zero-order valence-corrected chi connectivity index (χ0v) is 17.4. The van der Waals surface area contributed by atoms with Gasteiger partial charge in [0.1, 0.15) is 5.78 Å². The minimum absolute atomic E-state index is 0.117. The maximum Gasteiger partial charge on any atom is 0.147 e. The number of Topliss-reactive ketones (excluding diaryl/α,β-unsaturated/α-hetero) is 1. The van der Waals surface area contributed by atoms with Crippen molar-refractivity contribution >= 4 is 17.2 Å². The van der Waals surface area contributed by atoms with Crippen molar-refractivity contribution in [2.75, 3.05) is 38.0 Å². The fourth-order valence-electron chi connectivity index (χ4n) is 3.53. The van der Waals surface area contributed by atoms with Crippen LogP contribution < -0.4 is 9.80 Å². The molecule has 0 aliphatic carbocycles. The van der Waals surface area contributed by atoms with E-state index in [1.54, 1.807) is 0 Å². The molecule has 0 aliphatic rings. The maximum atomic E-state index is 13.2. The van der Waals surface area contributed by atoms with Gasteiger partial charge in [0.2, 0.25) is 0 Å². The fourth-order valence-corrected chi connectivity index (χ4v) is 3.53. The SMILES string of the molecule is Cc1cc(N(C)C)ccc1C(C)C(=O)C(C)c1ccc(N(C)C)cc1C. The summed E-state index contributed by atoms with van der Waals surface area (Å²) in [5, 5.41) is 0. The number of benzene rings is 2. The van der Waals surface area contributed by atoms with Crippen molar-refractivity contribution in [1.29, 1.82) is 0 Å². The number of carbonyl (C=O) groups excluding carboxylic acids is 1. The van der Waals surface area contributed by atoms with Crippen LogP contribution in [0.2, 0.25) is 0 Å². The van der Waals surface area contributed by atoms with Gasteiger partial charge in [0.15, 0.2) is 0 Å². The van der Waals surface area contributed by atoms with E-state index >= 15 is 0 Å². The average molecular weight is 353 g/mol. The number of ketones is 1. The van der Waals surface area contributed by atoms with Gasteiger partial charge in [0.05, 0.1) is 0 Å². The molecule has 3 heteroatoms. The highest BCUT2D eigenvalue weighted by atomic mass is 16.1.